The zero-order chi connectivity index (χ0) is 21.1. The Morgan fingerprint density at radius 3 is 2.40 bits per heavy atom. The van der Waals surface area contributed by atoms with Crippen LogP contribution in [0.5, 0.6) is 0 Å². The minimum Gasteiger partial charge on any atom is -0.378 e. The molecule has 7 nitrogen and oxygen atoms in total. The lowest BCUT2D eigenvalue weighted by molar-refractivity contribution is 0.122. The van der Waals surface area contributed by atoms with Crippen molar-refractivity contribution in [2.45, 2.75) is 0 Å². The number of carbonyl (C=O) groups excluding carboxylic acids is 1. The van der Waals surface area contributed by atoms with E-state index >= 15 is 0 Å². The number of aryl methyl sites for hydroxylation is 1. The molecule has 30 heavy (non-hydrogen) atoms. The van der Waals surface area contributed by atoms with Gasteiger partial charge in [-0.1, -0.05) is 15.9 Å². The SMILES string of the molecule is Cn1ncc(Br)c1-c1cc(NC(=O)Nc2ccc(Br)cc2)cc(N2CCOCC2)c1. The summed E-state index contributed by atoms with van der Waals surface area (Å²) in [7, 11) is 1.90. The molecule has 1 fully saturated rings. The molecule has 1 aliphatic rings. The average Bonchev–Trinajstić information content (AvgIpc) is 3.08. The number of anilines is 3. The summed E-state index contributed by atoms with van der Waals surface area (Å²) in [5.41, 5.74) is 4.36. The highest BCUT2D eigenvalue weighted by Crippen LogP contribution is 2.33. The Labute approximate surface area is 191 Å². The van der Waals surface area contributed by atoms with E-state index < -0.39 is 0 Å². The van der Waals surface area contributed by atoms with E-state index in [-0.39, 0.29) is 6.03 Å². The fourth-order valence-corrected chi connectivity index (χ4v) is 4.23. The Kier molecular flexibility index (Phi) is 6.40. The van der Waals surface area contributed by atoms with Gasteiger partial charge in [-0.3, -0.25) is 4.68 Å². The maximum atomic E-state index is 12.6. The van der Waals surface area contributed by atoms with Crippen molar-refractivity contribution in [1.82, 2.24) is 9.78 Å². The van der Waals surface area contributed by atoms with Gasteiger partial charge in [0.2, 0.25) is 0 Å². The molecule has 1 aromatic heterocycles. The van der Waals surface area contributed by atoms with Crippen LogP contribution >= 0.6 is 31.9 Å². The Morgan fingerprint density at radius 1 is 1.03 bits per heavy atom. The fourth-order valence-electron chi connectivity index (χ4n) is 3.39. The summed E-state index contributed by atoms with van der Waals surface area (Å²) in [6, 6.07) is 13.2. The number of carbonyl (C=O) groups is 1. The molecule has 1 aliphatic heterocycles. The van der Waals surface area contributed by atoms with Crippen LogP contribution in [0.3, 0.4) is 0 Å². The first kappa shape index (κ1) is 20.9. The third kappa shape index (κ3) is 4.85. The van der Waals surface area contributed by atoms with Gasteiger partial charge in [-0.25, -0.2) is 4.79 Å². The third-order valence-corrected chi connectivity index (χ3v) is 5.93. The Bertz CT molecular complexity index is 1030. The molecule has 9 heteroatoms. The molecular formula is C21H21Br2N5O2. The molecule has 2 heterocycles. The van der Waals surface area contributed by atoms with Crippen LogP contribution in [0.4, 0.5) is 21.9 Å². The molecule has 0 spiro atoms. The lowest BCUT2D eigenvalue weighted by Crippen LogP contribution is -2.36. The molecule has 156 valence electrons. The van der Waals surface area contributed by atoms with Crippen LogP contribution in [0, 0.1) is 0 Å². The maximum Gasteiger partial charge on any atom is 0.323 e. The van der Waals surface area contributed by atoms with Gasteiger partial charge in [0.05, 0.1) is 29.6 Å². The van der Waals surface area contributed by atoms with Crippen LogP contribution < -0.4 is 15.5 Å². The first-order chi connectivity index (χ1) is 14.5. The van der Waals surface area contributed by atoms with Crippen LogP contribution in [-0.4, -0.2) is 42.1 Å². The van der Waals surface area contributed by atoms with Crippen molar-refractivity contribution in [2.75, 3.05) is 41.8 Å². The summed E-state index contributed by atoms with van der Waals surface area (Å²) < 4.78 is 9.15. The molecule has 2 N–H and O–H groups in total. The number of benzene rings is 2. The van der Waals surface area contributed by atoms with Crippen molar-refractivity contribution >= 4 is 55.0 Å². The number of morpholine rings is 1. The maximum absolute atomic E-state index is 12.6. The molecule has 3 aromatic rings. The molecular weight excluding hydrogens is 514 g/mol. The van der Waals surface area contributed by atoms with Crippen molar-refractivity contribution in [3.63, 3.8) is 0 Å². The number of hydrogen-bond donors (Lipinski definition) is 2. The number of amides is 2. The minimum absolute atomic E-state index is 0.300. The predicted molar refractivity (Wildman–Crippen MR) is 126 cm³/mol. The number of rotatable bonds is 4. The van der Waals surface area contributed by atoms with Gasteiger partial charge >= 0.3 is 6.03 Å². The molecule has 1 saturated heterocycles. The fraction of sp³-hybridized carbons (Fsp3) is 0.238. The highest BCUT2D eigenvalue weighted by atomic mass is 79.9. The summed E-state index contributed by atoms with van der Waals surface area (Å²) in [6.45, 7) is 2.99. The first-order valence-corrected chi connectivity index (χ1v) is 11.1. The second kappa shape index (κ2) is 9.20. The number of nitrogens with zero attached hydrogens (tertiary/aromatic N) is 3. The molecule has 0 atom stereocenters. The van der Waals surface area contributed by atoms with Gasteiger partial charge in [0.1, 0.15) is 0 Å². The van der Waals surface area contributed by atoms with Gasteiger partial charge in [-0.2, -0.15) is 5.10 Å². The molecule has 0 bridgehead atoms. The summed E-state index contributed by atoms with van der Waals surface area (Å²) in [4.78, 5) is 14.9. The van der Waals surface area contributed by atoms with E-state index in [2.05, 4.69) is 58.6 Å². The second-order valence-corrected chi connectivity index (χ2v) is 8.69. The standard InChI is InChI=1S/C21H21Br2N5O2/c1-27-20(19(23)13-24-27)14-10-17(12-18(11-14)28-6-8-30-9-7-28)26-21(29)25-16-4-2-15(22)3-5-16/h2-5,10-13H,6-9H2,1H3,(H2,25,26,29). The smallest absolute Gasteiger partial charge is 0.323 e. The summed E-state index contributed by atoms with van der Waals surface area (Å²) in [5, 5.41) is 10.1. The van der Waals surface area contributed by atoms with Crippen molar-refractivity contribution in [3.8, 4) is 11.3 Å². The third-order valence-electron chi connectivity index (χ3n) is 4.82. The van der Waals surface area contributed by atoms with Crippen molar-refractivity contribution < 1.29 is 9.53 Å². The van der Waals surface area contributed by atoms with Gasteiger partial charge < -0.3 is 20.3 Å². The minimum atomic E-state index is -0.300. The van der Waals surface area contributed by atoms with Crippen molar-refractivity contribution in [1.29, 1.82) is 0 Å². The molecule has 2 amide bonds. The van der Waals surface area contributed by atoms with Crippen LogP contribution in [0.15, 0.2) is 57.6 Å². The Hall–Kier alpha value is -2.36. The molecule has 0 saturated carbocycles. The normalized spacial score (nSPS) is 13.9. The first-order valence-electron chi connectivity index (χ1n) is 9.49. The Morgan fingerprint density at radius 2 is 1.73 bits per heavy atom. The van der Waals surface area contributed by atoms with E-state index in [0.717, 1.165) is 44.7 Å². The largest absolute Gasteiger partial charge is 0.378 e. The van der Waals surface area contributed by atoms with Crippen molar-refractivity contribution in [3.05, 3.63) is 57.6 Å². The Balaban J connectivity index is 1.63. The number of ether oxygens (including phenoxy) is 1. The van der Waals surface area contributed by atoms with Gasteiger partial charge in [-0.15, -0.1) is 0 Å². The average molecular weight is 535 g/mol. The number of aromatic nitrogens is 2. The monoisotopic (exact) mass is 533 g/mol. The number of halogens is 2. The topological polar surface area (TPSA) is 71.4 Å². The highest BCUT2D eigenvalue weighted by Gasteiger charge is 2.17. The number of nitrogens with one attached hydrogen (secondary N) is 2. The van der Waals surface area contributed by atoms with E-state index in [1.807, 2.05) is 48.1 Å². The predicted octanol–water partition coefficient (Wildman–Crippen LogP) is 5.09. The summed E-state index contributed by atoms with van der Waals surface area (Å²) >= 11 is 6.98. The van der Waals surface area contributed by atoms with E-state index in [1.165, 1.54) is 0 Å². The van der Waals surface area contributed by atoms with Crippen LogP contribution in [0.25, 0.3) is 11.3 Å². The molecule has 4 rings (SSSR count). The van der Waals surface area contributed by atoms with Gasteiger partial charge in [0.25, 0.3) is 0 Å². The molecule has 0 aliphatic carbocycles. The zero-order valence-electron chi connectivity index (χ0n) is 16.4. The van der Waals surface area contributed by atoms with E-state index in [9.17, 15) is 4.79 Å². The lowest BCUT2D eigenvalue weighted by Gasteiger charge is -2.29. The second-order valence-electron chi connectivity index (χ2n) is 6.92. The van der Waals surface area contributed by atoms with E-state index in [1.54, 1.807) is 6.20 Å². The van der Waals surface area contributed by atoms with Crippen LogP contribution in [0.1, 0.15) is 0 Å². The lowest BCUT2D eigenvalue weighted by atomic mass is 10.1. The highest BCUT2D eigenvalue weighted by molar-refractivity contribution is 9.10. The number of hydrogen-bond acceptors (Lipinski definition) is 4. The van der Waals surface area contributed by atoms with Gasteiger partial charge in [0, 0.05) is 47.2 Å². The van der Waals surface area contributed by atoms with Crippen LogP contribution in [0.2, 0.25) is 0 Å². The van der Waals surface area contributed by atoms with Gasteiger partial charge in [-0.05, 0) is 58.4 Å². The zero-order valence-corrected chi connectivity index (χ0v) is 19.5. The molecule has 0 unspecified atom stereocenters. The van der Waals surface area contributed by atoms with Crippen molar-refractivity contribution in [2.24, 2.45) is 7.05 Å². The summed E-state index contributed by atoms with van der Waals surface area (Å²) in [6.07, 6.45) is 1.77. The van der Waals surface area contributed by atoms with E-state index in [4.69, 9.17) is 4.74 Å². The van der Waals surface area contributed by atoms with Crippen LogP contribution in [-0.2, 0) is 11.8 Å². The quantitative estimate of drug-likeness (QED) is 0.489. The summed E-state index contributed by atoms with van der Waals surface area (Å²) in [5.74, 6) is 0. The molecule has 2 aromatic carbocycles. The van der Waals surface area contributed by atoms with E-state index in [0.29, 0.717) is 18.9 Å². The number of urea groups is 1. The molecule has 0 radical (unpaired) electrons. The van der Waals surface area contributed by atoms with Gasteiger partial charge in [0.15, 0.2) is 0 Å².